The molecule has 0 unspecified atom stereocenters. The molecule has 0 aliphatic heterocycles. The fourth-order valence-electron chi connectivity index (χ4n) is 0.845. The van der Waals surface area contributed by atoms with Crippen LogP contribution in [0.2, 0.25) is 0 Å². The van der Waals surface area contributed by atoms with Gasteiger partial charge in [-0.3, -0.25) is 0 Å². The van der Waals surface area contributed by atoms with Gasteiger partial charge in [0.15, 0.2) is 5.75 Å². The lowest BCUT2D eigenvalue weighted by Gasteiger charge is -2.04. The number of hydrogen-bond donors (Lipinski definition) is 1. The van der Waals surface area contributed by atoms with Gasteiger partial charge in [0.05, 0.1) is 19.8 Å². The molecule has 14 heavy (non-hydrogen) atoms. The lowest BCUT2D eigenvalue weighted by atomic mass is 10.3. The smallest absolute Gasteiger partial charge is 0.165 e. The van der Waals surface area contributed by atoms with Crippen LogP contribution in [-0.4, -0.2) is 31.5 Å². The van der Waals surface area contributed by atoms with E-state index in [9.17, 15) is 0 Å². The Labute approximate surface area is 83.0 Å². The van der Waals surface area contributed by atoms with Gasteiger partial charge in [0.1, 0.15) is 6.61 Å². The van der Waals surface area contributed by atoms with Gasteiger partial charge >= 0.3 is 0 Å². The van der Waals surface area contributed by atoms with E-state index in [-0.39, 0.29) is 6.61 Å². The number of benzene rings is 1. The van der Waals surface area contributed by atoms with Gasteiger partial charge in [0.2, 0.25) is 0 Å². The molecule has 4 nitrogen and oxygen atoms in total. The van der Waals surface area contributed by atoms with Crippen LogP contribution in [0.25, 0.3) is 0 Å². The van der Waals surface area contributed by atoms with Crippen LogP contribution in [0.5, 0.6) is 5.75 Å². The minimum atomic E-state index is 0.0273. The monoisotopic (exact) mass is 198 g/mol. The van der Waals surface area contributed by atoms with Crippen LogP contribution < -0.4 is 4.89 Å². The number of rotatable bonds is 7. The number of ether oxygens (including phenoxy) is 1. The summed E-state index contributed by atoms with van der Waals surface area (Å²) in [7, 11) is 0. The zero-order valence-electron chi connectivity index (χ0n) is 7.89. The Kier molecular flexibility index (Phi) is 5.74. The van der Waals surface area contributed by atoms with Crippen molar-refractivity contribution in [1.29, 1.82) is 0 Å². The van der Waals surface area contributed by atoms with Crippen LogP contribution in [0, 0.1) is 0 Å². The number of aliphatic hydroxyl groups excluding tert-OH is 1. The average molecular weight is 198 g/mol. The van der Waals surface area contributed by atoms with E-state index in [0.717, 1.165) is 0 Å². The molecule has 0 saturated heterocycles. The summed E-state index contributed by atoms with van der Waals surface area (Å²) in [5, 5.41) is 8.40. The molecule has 0 fully saturated rings. The van der Waals surface area contributed by atoms with Crippen LogP contribution >= 0.6 is 0 Å². The molecule has 1 N–H and O–H groups in total. The SMILES string of the molecule is OCCOCCOOc1ccccc1. The van der Waals surface area contributed by atoms with Crippen molar-refractivity contribution < 1.29 is 19.6 Å². The van der Waals surface area contributed by atoms with Gasteiger partial charge in [-0.15, -0.1) is 0 Å². The summed E-state index contributed by atoms with van der Waals surface area (Å²) in [4.78, 5) is 9.80. The highest BCUT2D eigenvalue weighted by atomic mass is 17.2. The third kappa shape index (κ3) is 4.81. The zero-order valence-corrected chi connectivity index (χ0v) is 7.89. The van der Waals surface area contributed by atoms with Gasteiger partial charge < -0.3 is 14.7 Å². The van der Waals surface area contributed by atoms with Crippen molar-refractivity contribution >= 4 is 0 Å². The lowest BCUT2D eigenvalue weighted by molar-refractivity contribution is -0.215. The van der Waals surface area contributed by atoms with Crippen molar-refractivity contribution in [3.05, 3.63) is 30.3 Å². The molecule has 4 heteroatoms. The first-order valence-corrected chi connectivity index (χ1v) is 4.46. The quantitative estimate of drug-likeness (QED) is 0.403. The van der Waals surface area contributed by atoms with Crippen LogP contribution in [-0.2, 0) is 9.62 Å². The first-order valence-electron chi connectivity index (χ1n) is 4.46. The van der Waals surface area contributed by atoms with Crippen molar-refractivity contribution in [2.45, 2.75) is 0 Å². The summed E-state index contributed by atoms with van der Waals surface area (Å²) in [5.41, 5.74) is 0. The standard InChI is InChI=1S/C10H14O4/c11-6-7-12-8-9-13-14-10-4-2-1-3-5-10/h1-5,11H,6-9H2. The summed E-state index contributed by atoms with van der Waals surface area (Å²) in [5.74, 6) is 0.662. The van der Waals surface area contributed by atoms with E-state index in [1.165, 1.54) is 0 Å². The van der Waals surface area contributed by atoms with Gasteiger partial charge in [0, 0.05) is 0 Å². The highest BCUT2D eigenvalue weighted by Crippen LogP contribution is 2.07. The molecular weight excluding hydrogens is 184 g/mol. The Morgan fingerprint density at radius 1 is 1.00 bits per heavy atom. The first kappa shape index (κ1) is 11.0. The van der Waals surface area contributed by atoms with Crippen molar-refractivity contribution in [2.24, 2.45) is 0 Å². The van der Waals surface area contributed by atoms with Gasteiger partial charge in [-0.25, -0.2) is 0 Å². The molecule has 0 atom stereocenters. The van der Waals surface area contributed by atoms with E-state index in [0.29, 0.717) is 25.6 Å². The van der Waals surface area contributed by atoms with Gasteiger partial charge in [0.25, 0.3) is 0 Å². The molecule has 0 bridgehead atoms. The Balaban J connectivity index is 1.99. The Hall–Kier alpha value is -1.10. The molecule has 78 valence electrons. The minimum absolute atomic E-state index is 0.0273. The predicted molar refractivity (Wildman–Crippen MR) is 50.9 cm³/mol. The molecule has 0 spiro atoms. The van der Waals surface area contributed by atoms with E-state index in [4.69, 9.17) is 19.6 Å². The molecule has 0 aliphatic carbocycles. The topological polar surface area (TPSA) is 47.9 Å². The second-order valence-electron chi connectivity index (χ2n) is 2.55. The largest absolute Gasteiger partial charge is 0.394 e. The Morgan fingerprint density at radius 3 is 2.50 bits per heavy atom. The first-order chi connectivity index (χ1) is 6.93. The predicted octanol–water partition coefficient (Wildman–Crippen LogP) is 1.01. The molecule has 1 rings (SSSR count). The van der Waals surface area contributed by atoms with E-state index in [1.807, 2.05) is 18.2 Å². The molecule has 0 radical (unpaired) electrons. The third-order valence-electron chi connectivity index (χ3n) is 1.44. The van der Waals surface area contributed by atoms with Crippen LogP contribution in [0.3, 0.4) is 0 Å². The lowest BCUT2D eigenvalue weighted by Crippen LogP contribution is -2.08. The summed E-state index contributed by atoms with van der Waals surface area (Å²) >= 11 is 0. The van der Waals surface area contributed by atoms with Crippen LogP contribution in [0.1, 0.15) is 0 Å². The summed E-state index contributed by atoms with van der Waals surface area (Å²) in [6, 6.07) is 9.22. The van der Waals surface area contributed by atoms with Crippen molar-refractivity contribution in [3.63, 3.8) is 0 Å². The third-order valence-corrected chi connectivity index (χ3v) is 1.44. The molecule has 1 aromatic rings. The van der Waals surface area contributed by atoms with E-state index in [1.54, 1.807) is 12.1 Å². The Morgan fingerprint density at radius 2 is 1.79 bits per heavy atom. The molecule has 0 aromatic heterocycles. The maximum Gasteiger partial charge on any atom is 0.165 e. The maximum absolute atomic E-state index is 8.40. The number of aliphatic hydroxyl groups is 1. The van der Waals surface area contributed by atoms with E-state index >= 15 is 0 Å². The summed E-state index contributed by atoms with van der Waals surface area (Å²) < 4.78 is 4.97. The highest BCUT2D eigenvalue weighted by molar-refractivity contribution is 5.20. The molecule has 1 aromatic carbocycles. The maximum atomic E-state index is 8.40. The molecule has 0 aliphatic rings. The normalized spacial score (nSPS) is 10.1. The van der Waals surface area contributed by atoms with Gasteiger partial charge in [-0.1, -0.05) is 18.2 Å². The summed E-state index contributed by atoms with van der Waals surface area (Å²) in [6.07, 6.45) is 0. The zero-order chi connectivity index (χ0) is 10.1. The van der Waals surface area contributed by atoms with Crippen LogP contribution in [0.4, 0.5) is 0 Å². The van der Waals surface area contributed by atoms with Crippen molar-refractivity contribution in [2.75, 3.05) is 26.4 Å². The van der Waals surface area contributed by atoms with Crippen molar-refractivity contribution in [1.82, 2.24) is 0 Å². The fourth-order valence-corrected chi connectivity index (χ4v) is 0.845. The number of hydrogen-bond acceptors (Lipinski definition) is 4. The number of para-hydroxylation sites is 1. The molecular formula is C10H14O4. The highest BCUT2D eigenvalue weighted by Gasteiger charge is 1.92. The van der Waals surface area contributed by atoms with Crippen molar-refractivity contribution in [3.8, 4) is 5.75 Å². The molecule has 0 amide bonds. The average Bonchev–Trinajstić information content (AvgIpc) is 2.25. The van der Waals surface area contributed by atoms with Crippen LogP contribution in [0.15, 0.2) is 30.3 Å². The van der Waals surface area contributed by atoms with E-state index in [2.05, 4.69) is 0 Å². The molecule has 0 heterocycles. The summed E-state index contributed by atoms with van der Waals surface area (Å²) in [6.45, 7) is 1.11. The van der Waals surface area contributed by atoms with E-state index < -0.39 is 0 Å². The molecule has 0 saturated carbocycles. The van der Waals surface area contributed by atoms with Gasteiger partial charge in [-0.05, 0) is 12.1 Å². The second-order valence-corrected chi connectivity index (χ2v) is 2.55. The Bertz CT molecular complexity index is 225. The second kappa shape index (κ2) is 7.32. The minimum Gasteiger partial charge on any atom is -0.394 e. The fraction of sp³-hybridized carbons (Fsp3) is 0.400. The van der Waals surface area contributed by atoms with Gasteiger partial charge in [-0.2, -0.15) is 4.89 Å².